The van der Waals surface area contributed by atoms with E-state index in [1.807, 2.05) is 58.8 Å². The summed E-state index contributed by atoms with van der Waals surface area (Å²) in [5, 5.41) is 25.5. The fraction of sp³-hybridized carbons (Fsp3) is 0.562. The van der Waals surface area contributed by atoms with Gasteiger partial charge in [0, 0.05) is 99.4 Å². The first-order chi connectivity index (χ1) is 43.1. The zero-order valence-electron chi connectivity index (χ0n) is 51.9. The predicted octanol–water partition coefficient (Wildman–Crippen LogP) is 5.08. The van der Waals surface area contributed by atoms with E-state index in [1.165, 1.54) is 19.3 Å². The first-order valence-electron chi connectivity index (χ1n) is 31.3. The fourth-order valence-corrected chi connectivity index (χ4v) is 12.4. The van der Waals surface area contributed by atoms with E-state index < -0.39 is 38.4 Å². The minimum absolute atomic E-state index is 0.0374. The second-order valence-electron chi connectivity index (χ2n) is 23.2. The SMILES string of the molecule is COc1cc2c(cc1OCc1cc(C#CCNC(=O)CCOCCOCCOCCOCCCC(=O)CCN3C(=O)C=CC3=O)cc(COc3cc4c(cc3C)C(=O)N3CCC[C@H]3[C@H](OC3CCCCO3)N4B(C)O)c1)N(B(C)O)[C@@H](C)[C@@H]1CCCN1C2=O. The van der Waals surface area contributed by atoms with Gasteiger partial charge >= 0.3 is 14.1 Å². The number of nitrogens with zero attached hydrogens (tertiary/aromatic N) is 5. The Hall–Kier alpha value is -7.01. The molecule has 478 valence electrons. The molecular formula is C64H84B2N6O17. The number of nitrogens with one attached hydrogen (secondary N) is 1. The second kappa shape index (κ2) is 32.1. The van der Waals surface area contributed by atoms with Gasteiger partial charge in [-0.25, -0.2) is 0 Å². The summed E-state index contributed by atoms with van der Waals surface area (Å²) in [6, 6.07) is 12.3. The Bertz CT molecular complexity index is 3080. The minimum atomic E-state index is -1.02. The number of imide groups is 1. The standard InChI is InChI=1S/C64H84B2N6O17/c1-43-34-49-54(72(66(4)80)64(89-61-16-6-7-26-86-61)52-15-10-23-69(52)62(49)77)39-55(43)87-41-46-35-45(36-47(37-46)42-88-57-40-53-50(38-56(57)81-5)63(78)68-22-9-14-51(68)44(2)71(53)65(3)79)12-8-21-67-58(74)20-27-83-29-31-85-33-32-84-30-28-82-25-11-13-48(73)19-24-70-59(75)17-18-60(70)76/h17-18,34-40,44,51-52,61,64,79-80H,6-7,9-11,13-16,19-33,41-42H2,1-5H3,(H,67,74)/t44-,51-,52-,61?,64-/m0/s1. The third kappa shape index (κ3) is 17.1. The molecule has 6 heterocycles. The van der Waals surface area contributed by atoms with Crippen LogP contribution in [0.5, 0.6) is 17.2 Å². The number of anilines is 2. The van der Waals surface area contributed by atoms with Crippen molar-refractivity contribution in [1.82, 2.24) is 20.0 Å². The Labute approximate surface area is 521 Å². The van der Waals surface area contributed by atoms with Crippen molar-refractivity contribution >= 4 is 60.8 Å². The van der Waals surface area contributed by atoms with Crippen LogP contribution in [0.3, 0.4) is 0 Å². The molecule has 3 aromatic carbocycles. The maximum atomic E-state index is 14.4. The number of aryl methyl sites for hydroxylation is 1. The Morgan fingerprint density at radius 2 is 1.27 bits per heavy atom. The smallest absolute Gasteiger partial charge is 0.411 e. The highest BCUT2D eigenvalue weighted by molar-refractivity contribution is 6.54. The molecule has 6 aliphatic rings. The quantitative estimate of drug-likeness (QED) is 0.0329. The Morgan fingerprint density at radius 1 is 0.674 bits per heavy atom. The number of methoxy groups -OCH3 is 1. The normalized spacial score (nSPS) is 20.3. The maximum absolute atomic E-state index is 14.4. The van der Waals surface area contributed by atoms with Crippen LogP contribution in [0.25, 0.3) is 0 Å². The van der Waals surface area contributed by atoms with Gasteiger partial charge in [-0.15, -0.1) is 0 Å². The largest absolute Gasteiger partial charge is 0.493 e. The predicted molar refractivity (Wildman–Crippen MR) is 330 cm³/mol. The van der Waals surface area contributed by atoms with Crippen molar-refractivity contribution < 1.29 is 81.4 Å². The lowest BCUT2D eigenvalue weighted by Crippen LogP contribution is -2.56. The van der Waals surface area contributed by atoms with Crippen LogP contribution in [0.4, 0.5) is 11.4 Å². The Morgan fingerprint density at radius 3 is 1.91 bits per heavy atom. The van der Waals surface area contributed by atoms with Crippen molar-refractivity contribution in [2.45, 2.75) is 142 Å². The van der Waals surface area contributed by atoms with Crippen LogP contribution in [0, 0.1) is 18.8 Å². The summed E-state index contributed by atoms with van der Waals surface area (Å²) in [7, 11) is -0.397. The molecule has 5 atom stereocenters. The van der Waals surface area contributed by atoms with Gasteiger partial charge in [0.05, 0.1) is 83.1 Å². The molecule has 0 saturated carbocycles. The molecule has 6 aliphatic heterocycles. The molecule has 5 amide bonds. The van der Waals surface area contributed by atoms with Gasteiger partial charge in [0.1, 0.15) is 31.0 Å². The topological polar surface area (TPSA) is 254 Å². The molecular weight excluding hydrogens is 1150 g/mol. The molecule has 0 bridgehead atoms. The van der Waals surface area contributed by atoms with Crippen molar-refractivity contribution in [2.75, 3.05) is 102 Å². The Balaban J connectivity index is 0.796. The van der Waals surface area contributed by atoms with Crippen molar-refractivity contribution in [3.8, 4) is 29.1 Å². The molecule has 0 aromatic heterocycles. The fourth-order valence-electron chi connectivity index (χ4n) is 12.4. The van der Waals surface area contributed by atoms with Gasteiger partial charge in [0.15, 0.2) is 17.8 Å². The van der Waals surface area contributed by atoms with Crippen LogP contribution < -0.4 is 29.1 Å². The number of benzene rings is 3. The summed E-state index contributed by atoms with van der Waals surface area (Å²) in [5.41, 5.74) is 4.75. The van der Waals surface area contributed by atoms with E-state index >= 15 is 0 Å². The van der Waals surface area contributed by atoms with E-state index in [0.29, 0.717) is 124 Å². The monoisotopic (exact) mass is 1230 g/mol. The van der Waals surface area contributed by atoms with E-state index in [0.717, 1.165) is 60.1 Å². The van der Waals surface area contributed by atoms with E-state index in [2.05, 4.69) is 17.2 Å². The molecule has 3 fully saturated rings. The molecule has 3 N–H and O–H groups in total. The van der Waals surface area contributed by atoms with Gasteiger partial charge in [-0.3, -0.25) is 33.7 Å². The first-order valence-corrected chi connectivity index (χ1v) is 31.3. The van der Waals surface area contributed by atoms with Crippen molar-refractivity contribution in [1.29, 1.82) is 0 Å². The summed E-state index contributed by atoms with van der Waals surface area (Å²) >= 11 is 0. The maximum Gasteiger partial charge on any atom is 0.411 e. The van der Waals surface area contributed by atoms with Crippen LogP contribution in [0.1, 0.15) is 121 Å². The van der Waals surface area contributed by atoms with Crippen LogP contribution >= 0.6 is 0 Å². The number of ketones is 1. The number of carbonyl (C=O) groups is 6. The van der Waals surface area contributed by atoms with Gasteiger partial charge in [0.2, 0.25) is 5.91 Å². The molecule has 1 unspecified atom stereocenters. The van der Waals surface area contributed by atoms with Crippen molar-refractivity contribution in [3.63, 3.8) is 0 Å². The number of Topliss-reactive ketones (excluding diaryl/α,β-unsaturated/α-hetero) is 1. The van der Waals surface area contributed by atoms with Gasteiger partial charge in [-0.05, 0) is 126 Å². The summed E-state index contributed by atoms with van der Waals surface area (Å²) in [6.07, 6.45) is 8.22. The van der Waals surface area contributed by atoms with Gasteiger partial charge in [-0.1, -0.05) is 11.8 Å². The third-order valence-electron chi connectivity index (χ3n) is 16.8. The first kappa shape index (κ1) is 66.4. The summed E-state index contributed by atoms with van der Waals surface area (Å²) in [6.45, 7) is 12.0. The van der Waals surface area contributed by atoms with Crippen LogP contribution in [0.15, 0.2) is 54.6 Å². The van der Waals surface area contributed by atoms with E-state index in [-0.39, 0.29) is 94.0 Å². The lowest BCUT2D eigenvalue weighted by molar-refractivity contribution is -0.194. The van der Waals surface area contributed by atoms with E-state index in [1.54, 1.807) is 30.6 Å². The molecule has 9 rings (SSSR count). The molecule has 23 nitrogen and oxygen atoms in total. The number of carbonyl (C=O) groups excluding carboxylic acids is 6. The highest BCUT2D eigenvalue weighted by Crippen LogP contribution is 2.43. The zero-order chi connectivity index (χ0) is 63.0. The van der Waals surface area contributed by atoms with Gasteiger partial charge in [-0.2, -0.15) is 0 Å². The van der Waals surface area contributed by atoms with Crippen molar-refractivity contribution in [3.05, 3.63) is 88.0 Å². The lowest BCUT2D eigenvalue weighted by Gasteiger charge is -2.40. The number of hydrogen-bond acceptors (Lipinski definition) is 19. The summed E-state index contributed by atoms with van der Waals surface area (Å²) < 4.78 is 54.0. The van der Waals surface area contributed by atoms with Crippen LogP contribution in [-0.4, -0.2) is 198 Å². The average molecular weight is 1230 g/mol. The van der Waals surface area contributed by atoms with Crippen LogP contribution in [-0.2, 0) is 60.8 Å². The average Bonchev–Trinajstić information content (AvgIpc) is 1.66. The molecule has 89 heavy (non-hydrogen) atoms. The highest BCUT2D eigenvalue weighted by Gasteiger charge is 2.47. The second-order valence-corrected chi connectivity index (χ2v) is 23.2. The summed E-state index contributed by atoms with van der Waals surface area (Å²) in [5.74, 6) is 6.20. The van der Waals surface area contributed by atoms with Gasteiger partial charge in [0.25, 0.3) is 23.6 Å². The number of hydrogen-bond donors (Lipinski definition) is 3. The minimum Gasteiger partial charge on any atom is -0.493 e. The molecule has 3 saturated heterocycles. The third-order valence-corrected chi connectivity index (χ3v) is 16.8. The number of fused-ring (bicyclic) bond motifs is 4. The van der Waals surface area contributed by atoms with Crippen molar-refractivity contribution in [2.24, 2.45) is 0 Å². The number of rotatable bonds is 31. The van der Waals surface area contributed by atoms with E-state index in [4.69, 9.17) is 42.6 Å². The molecule has 0 aliphatic carbocycles. The number of amides is 5. The molecule has 0 radical (unpaired) electrons. The van der Waals surface area contributed by atoms with E-state index in [9.17, 15) is 38.8 Å². The molecule has 0 spiro atoms. The lowest BCUT2D eigenvalue weighted by atomic mass is 9.80. The Kier molecular flexibility index (Phi) is 24.0. The highest BCUT2D eigenvalue weighted by atomic mass is 16.7. The molecule has 3 aromatic rings. The number of ether oxygens (including phenoxy) is 9. The van der Waals surface area contributed by atoms with Gasteiger partial charge < -0.3 is 77.4 Å². The zero-order valence-corrected chi connectivity index (χ0v) is 51.9. The molecule has 25 heteroatoms. The van der Waals surface area contributed by atoms with Crippen LogP contribution in [0.2, 0.25) is 13.6 Å². The summed E-state index contributed by atoms with van der Waals surface area (Å²) in [4.78, 5) is 85.1.